The fourth-order valence-corrected chi connectivity index (χ4v) is 5.75. The normalized spacial score (nSPS) is 13.2. The zero-order valence-electron chi connectivity index (χ0n) is 19.2. The van der Waals surface area contributed by atoms with Crippen molar-refractivity contribution in [2.45, 2.75) is 11.3 Å². The summed E-state index contributed by atoms with van der Waals surface area (Å²) >= 11 is 6.09. The number of sulfonamides is 1. The fourth-order valence-electron chi connectivity index (χ4n) is 4.07. The molecule has 2 heterocycles. The van der Waals surface area contributed by atoms with Gasteiger partial charge in [0.2, 0.25) is 0 Å². The van der Waals surface area contributed by atoms with Crippen molar-refractivity contribution in [2.75, 3.05) is 36.6 Å². The van der Waals surface area contributed by atoms with E-state index in [1.807, 2.05) is 47.4 Å². The van der Waals surface area contributed by atoms with E-state index in [2.05, 4.69) is 4.98 Å². The second-order valence-electron chi connectivity index (χ2n) is 8.01. The summed E-state index contributed by atoms with van der Waals surface area (Å²) < 4.78 is 39.2. The number of rotatable bonds is 7. The average molecular weight is 511 g/mol. The molecule has 3 aromatic carbocycles. The van der Waals surface area contributed by atoms with Gasteiger partial charge in [-0.15, -0.1) is 0 Å². The molecule has 0 atom stereocenters. The topological polar surface area (TPSA) is 84.9 Å². The summed E-state index contributed by atoms with van der Waals surface area (Å²) in [6.07, 6.45) is 0.638. The van der Waals surface area contributed by atoms with Crippen molar-refractivity contribution >= 4 is 44.3 Å². The van der Waals surface area contributed by atoms with Crippen LogP contribution in [0.25, 0.3) is 11.0 Å². The van der Waals surface area contributed by atoms with E-state index in [1.165, 1.54) is 16.4 Å². The maximum atomic E-state index is 13.6. The summed E-state index contributed by atoms with van der Waals surface area (Å²) in [4.78, 5) is 11.5. The van der Waals surface area contributed by atoms with E-state index in [-0.39, 0.29) is 11.6 Å². The van der Waals surface area contributed by atoms with E-state index in [4.69, 9.17) is 26.1 Å². The smallest absolute Gasteiger partial charge is 0.267 e. The summed E-state index contributed by atoms with van der Waals surface area (Å²) in [6, 6.07) is 19.4. The van der Waals surface area contributed by atoms with Gasteiger partial charge in [0, 0.05) is 11.6 Å². The lowest BCUT2D eigenvalue weighted by Gasteiger charge is -2.21. The van der Waals surface area contributed by atoms with Crippen molar-refractivity contribution in [1.29, 1.82) is 0 Å². The van der Waals surface area contributed by atoms with Crippen molar-refractivity contribution in [2.24, 2.45) is 0 Å². The Balaban J connectivity index is 1.51. The van der Waals surface area contributed by atoms with Gasteiger partial charge in [-0.1, -0.05) is 35.9 Å². The van der Waals surface area contributed by atoms with E-state index in [1.54, 1.807) is 26.4 Å². The molecule has 35 heavy (non-hydrogen) atoms. The quantitative estimate of drug-likeness (QED) is 0.361. The first-order chi connectivity index (χ1) is 16.9. The van der Waals surface area contributed by atoms with Gasteiger partial charge in [-0.3, -0.25) is 0 Å². The standard InChI is InChI=1S/C25H23ClN4O4S/c1-33-22-11-10-17(14-23(22)34-2)12-13-29-16-30(35(31,32)19-7-5-6-18(26)15-19)25-24(29)27-20-8-3-4-9-21(20)28-25/h3-11,14-15H,12-13,16H2,1-2H3. The second kappa shape index (κ2) is 9.24. The third-order valence-electron chi connectivity index (χ3n) is 5.87. The van der Waals surface area contributed by atoms with Gasteiger partial charge in [0.25, 0.3) is 10.0 Å². The zero-order valence-corrected chi connectivity index (χ0v) is 20.8. The molecule has 4 aromatic rings. The van der Waals surface area contributed by atoms with E-state index in [0.29, 0.717) is 52.2 Å². The lowest BCUT2D eigenvalue weighted by atomic mass is 10.1. The molecule has 1 aromatic heterocycles. The lowest BCUT2D eigenvalue weighted by molar-refractivity contribution is 0.354. The molecule has 0 saturated heterocycles. The highest BCUT2D eigenvalue weighted by Gasteiger charge is 2.38. The number of aromatic nitrogens is 2. The van der Waals surface area contributed by atoms with Crippen LogP contribution in [0.2, 0.25) is 5.02 Å². The molecular formula is C25H23ClN4O4S. The van der Waals surface area contributed by atoms with E-state index in [9.17, 15) is 8.42 Å². The predicted octanol–water partition coefficient (Wildman–Crippen LogP) is 4.52. The number of methoxy groups -OCH3 is 2. The minimum atomic E-state index is -3.91. The van der Waals surface area contributed by atoms with Crippen LogP contribution in [-0.4, -0.2) is 45.8 Å². The number of para-hydroxylation sites is 2. The van der Waals surface area contributed by atoms with Gasteiger partial charge in [-0.25, -0.2) is 22.7 Å². The minimum absolute atomic E-state index is 0.0911. The molecular weight excluding hydrogens is 488 g/mol. The molecule has 0 spiro atoms. The van der Waals surface area contributed by atoms with Crippen LogP contribution >= 0.6 is 11.6 Å². The molecule has 0 saturated carbocycles. The molecule has 0 N–H and O–H groups in total. The number of anilines is 2. The molecule has 0 unspecified atom stereocenters. The first-order valence-corrected chi connectivity index (χ1v) is 12.7. The van der Waals surface area contributed by atoms with Crippen molar-refractivity contribution in [3.63, 3.8) is 0 Å². The number of fused-ring (bicyclic) bond motifs is 2. The molecule has 0 aliphatic carbocycles. The Bertz CT molecular complexity index is 1510. The van der Waals surface area contributed by atoms with Crippen molar-refractivity contribution in [3.8, 4) is 11.5 Å². The Labute approximate surface area is 208 Å². The SMILES string of the molecule is COc1ccc(CCN2CN(S(=O)(=O)c3cccc(Cl)c3)c3nc4ccccc4nc32)cc1OC. The zero-order chi connectivity index (χ0) is 24.6. The monoisotopic (exact) mass is 510 g/mol. The fraction of sp³-hybridized carbons (Fsp3) is 0.200. The van der Waals surface area contributed by atoms with Gasteiger partial charge in [0.15, 0.2) is 23.1 Å². The van der Waals surface area contributed by atoms with Crippen LogP contribution < -0.4 is 18.7 Å². The molecule has 5 rings (SSSR count). The summed E-state index contributed by atoms with van der Waals surface area (Å²) in [5, 5.41) is 0.348. The first-order valence-electron chi connectivity index (χ1n) is 10.9. The van der Waals surface area contributed by atoms with Crippen LogP contribution in [0.5, 0.6) is 11.5 Å². The van der Waals surface area contributed by atoms with Crippen LogP contribution in [0, 0.1) is 0 Å². The third kappa shape index (κ3) is 4.33. The highest BCUT2D eigenvalue weighted by atomic mass is 35.5. The van der Waals surface area contributed by atoms with Gasteiger partial charge in [-0.2, -0.15) is 0 Å². The van der Waals surface area contributed by atoms with Crippen molar-refractivity contribution in [3.05, 3.63) is 77.3 Å². The van der Waals surface area contributed by atoms with Gasteiger partial charge in [-0.05, 0) is 54.4 Å². The van der Waals surface area contributed by atoms with Crippen molar-refractivity contribution < 1.29 is 17.9 Å². The third-order valence-corrected chi connectivity index (χ3v) is 7.83. The number of ether oxygens (including phenoxy) is 2. The number of nitrogens with zero attached hydrogens (tertiary/aromatic N) is 4. The molecule has 0 fully saturated rings. The maximum Gasteiger partial charge on any atom is 0.267 e. The molecule has 10 heteroatoms. The molecule has 1 aliphatic rings. The number of hydrogen-bond donors (Lipinski definition) is 0. The van der Waals surface area contributed by atoms with Crippen LogP contribution in [0.15, 0.2) is 71.6 Å². The maximum absolute atomic E-state index is 13.6. The highest BCUT2D eigenvalue weighted by molar-refractivity contribution is 7.92. The Hall–Kier alpha value is -3.56. The number of benzene rings is 3. The summed E-state index contributed by atoms with van der Waals surface area (Å²) in [6.45, 7) is 0.616. The molecule has 8 nitrogen and oxygen atoms in total. The van der Waals surface area contributed by atoms with Crippen LogP contribution in [0.3, 0.4) is 0 Å². The highest BCUT2D eigenvalue weighted by Crippen LogP contribution is 2.38. The summed E-state index contributed by atoms with van der Waals surface area (Å²) in [5.74, 6) is 2.12. The average Bonchev–Trinajstić information content (AvgIpc) is 3.24. The molecule has 0 amide bonds. The van der Waals surface area contributed by atoms with Crippen LogP contribution in [0.1, 0.15) is 5.56 Å². The molecule has 0 bridgehead atoms. The lowest BCUT2D eigenvalue weighted by Crippen LogP contribution is -2.36. The largest absolute Gasteiger partial charge is 0.493 e. The molecule has 0 radical (unpaired) electrons. The van der Waals surface area contributed by atoms with Gasteiger partial charge in [0.1, 0.15) is 6.67 Å². The van der Waals surface area contributed by atoms with E-state index >= 15 is 0 Å². The minimum Gasteiger partial charge on any atom is -0.493 e. The van der Waals surface area contributed by atoms with Gasteiger partial charge < -0.3 is 14.4 Å². The summed E-state index contributed by atoms with van der Waals surface area (Å²) in [5.41, 5.74) is 2.35. The predicted molar refractivity (Wildman–Crippen MR) is 136 cm³/mol. The molecule has 180 valence electrons. The van der Waals surface area contributed by atoms with Crippen LogP contribution in [0.4, 0.5) is 11.6 Å². The Morgan fingerprint density at radius 3 is 2.29 bits per heavy atom. The van der Waals surface area contributed by atoms with Gasteiger partial charge in [0.05, 0.1) is 30.1 Å². The van der Waals surface area contributed by atoms with Gasteiger partial charge >= 0.3 is 0 Å². The molecule has 1 aliphatic heterocycles. The first kappa shape index (κ1) is 23.2. The second-order valence-corrected chi connectivity index (χ2v) is 10.3. The van der Waals surface area contributed by atoms with Crippen molar-refractivity contribution in [1.82, 2.24) is 9.97 Å². The van der Waals surface area contributed by atoms with E-state index < -0.39 is 10.0 Å². The Morgan fingerprint density at radius 2 is 1.60 bits per heavy atom. The number of halogens is 1. The Kier molecular flexibility index (Phi) is 6.12. The van der Waals surface area contributed by atoms with E-state index in [0.717, 1.165) is 5.56 Å². The summed E-state index contributed by atoms with van der Waals surface area (Å²) in [7, 11) is -0.722. The van der Waals surface area contributed by atoms with Crippen LogP contribution in [-0.2, 0) is 16.4 Å². The Morgan fingerprint density at radius 1 is 0.886 bits per heavy atom. The number of hydrogen-bond acceptors (Lipinski definition) is 7.